The minimum absolute atomic E-state index is 0.0748. The van der Waals surface area contributed by atoms with Crippen molar-refractivity contribution in [3.63, 3.8) is 0 Å². The zero-order valence-electron chi connectivity index (χ0n) is 9.84. The molecule has 0 aliphatic carbocycles. The van der Waals surface area contributed by atoms with Crippen LogP contribution in [-0.4, -0.2) is 0 Å². The third-order valence-corrected chi connectivity index (χ3v) is 2.75. The van der Waals surface area contributed by atoms with Crippen LogP contribution in [0.3, 0.4) is 0 Å². The van der Waals surface area contributed by atoms with Gasteiger partial charge in [-0.15, -0.1) is 0 Å². The van der Waals surface area contributed by atoms with E-state index in [4.69, 9.17) is 22.1 Å². The average Bonchev–Trinajstić information content (AvgIpc) is 2.35. The van der Waals surface area contributed by atoms with Crippen LogP contribution >= 0.6 is 11.6 Å². The molecule has 0 saturated carbocycles. The SMILES string of the molecule is Nc1ccc(Oc2ccc(F)c(Cl)c2)cc1C(F)(F)F. The number of alkyl halides is 3. The van der Waals surface area contributed by atoms with Gasteiger partial charge in [0.05, 0.1) is 10.6 Å². The normalized spacial score (nSPS) is 11.4. The zero-order chi connectivity index (χ0) is 14.9. The summed E-state index contributed by atoms with van der Waals surface area (Å²) in [6.45, 7) is 0. The van der Waals surface area contributed by atoms with E-state index >= 15 is 0 Å². The van der Waals surface area contributed by atoms with E-state index < -0.39 is 23.2 Å². The molecule has 0 bridgehead atoms. The highest BCUT2D eigenvalue weighted by atomic mass is 35.5. The fraction of sp³-hybridized carbons (Fsp3) is 0.0769. The number of benzene rings is 2. The number of halogens is 5. The van der Waals surface area contributed by atoms with Crippen molar-refractivity contribution in [2.75, 3.05) is 5.73 Å². The van der Waals surface area contributed by atoms with E-state index in [1.54, 1.807) is 0 Å². The van der Waals surface area contributed by atoms with Gasteiger partial charge in [0.15, 0.2) is 0 Å². The maximum atomic E-state index is 13.0. The lowest BCUT2D eigenvalue weighted by Gasteiger charge is -2.12. The Morgan fingerprint density at radius 3 is 2.20 bits per heavy atom. The molecule has 0 radical (unpaired) electrons. The summed E-state index contributed by atoms with van der Waals surface area (Å²) in [5.41, 5.74) is 3.87. The second kappa shape index (κ2) is 5.20. The van der Waals surface area contributed by atoms with E-state index in [2.05, 4.69) is 0 Å². The lowest BCUT2D eigenvalue weighted by molar-refractivity contribution is -0.137. The highest BCUT2D eigenvalue weighted by Crippen LogP contribution is 2.37. The first-order chi connectivity index (χ1) is 9.27. The van der Waals surface area contributed by atoms with Gasteiger partial charge in [-0.1, -0.05) is 11.6 Å². The Kier molecular flexibility index (Phi) is 3.76. The molecule has 2 aromatic rings. The smallest absolute Gasteiger partial charge is 0.418 e. The van der Waals surface area contributed by atoms with Gasteiger partial charge in [0.25, 0.3) is 0 Å². The molecule has 2 N–H and O–H groups in total. The molecule has 0 unspecified atom stereocenters. The van der Waals surface area contributed by atoms with Gasteiger partial charge in [0.1, 0.15) is 17.3 Å². The van der Waals surface area contributed by atoms with Crippen molar-refractivity contribution in [3.05, 3.63) is 52.8 Å². The van der Waals surface area contributed by atoms with E-state index in [1.807, 2.05) is 0 Å². The van der Waals surface area contributed by atoms with Crippen molar-refractivity contribution < 1.29 is 22.3 Å². The monoisotopic (exact) mass is 305 g/mol. The van der Waals surface area contributed by atoms with Crippen molar-refractivity contribution in [1.29, 1.82) is 0 Å². The Morgan fingerprint density at radius 2 is 1.60 bits per heavy atom. The second-order valence-electron chi connectivity index (χ2n) is 3.92. The quantitative estimate of drug-likeness (QED) is 0.634. The number of anilines is 1. The summed E-state index contributed by atoms with van der Waals surface area (Å²) in [4.78, 5) is 0. The summed E-state index contributed by atoms with van der Waals surface area (Å²) in [5, 5.41) is -0.186. The van der Waals surface area contributed by atoms with E-state index in [0.29, 0.717) is 0 Å². The van der Waals surface area contributed by atoms with Crippen LogP contribution in [0, 0.1) is 5.82 Å². The molecular formula is C13H8ClF4NO. The molecule has 0 aliphatic heterocycles. The van der Waals surface area contributed by atoms with Crippen molar-refractivity contribution in [2.45, 2.75) is 6.18 Å². The number of rotatable bonds is 2. The number of nitrogens with two attached hydrogens (primary N) is 1. The Morgan fingerprint density at radius 1 is 1.00 bits per heavy atom. The molecule has 106 valence electrons. The summed E-state index contributed by atoms with van der Waals surface area (Å²) in [7, 11) is 0. The number of nitrogen functional groups attached to an aromatic ring is 1. The zero-order valence-corrected chi connectivity index (χ0v) is 10.6. The molecular weight excluding hydrogens is 298 g/mol. The van der Waals surface area contributed by atoms with Gasteiger partial charge in [0.2, 0.25) is 0 Å². The van der Waals surface area contributed by atoms with Gasteiger partial charge in [0, 0.05) is 11.8 Å². The van der Waals surface area contributed by atoms with Gasteiger partial charge >= 0.3 is 6.18 Å². The first-order valence-electron chi connectivity index (χ1n) is 5.37. The second-order valence-corrected chi connectivity index (χ2v) is 4.33. The highest BCUT2D eigenvalue weighted by molar-refractivity contribution is 6.30. The molecule has 0 aromatic heterocycles. The van der Waals surface area contributed by atoms with Gasteiger partial charge in [-0.25, -0.2) is 4.39 Å². The molecule has 7 heteroatoms. The topological polar surface area (TPSA) is 35.2 Å². The summed E-state index contributed by atoms with van der Waals surface area (Å²) in [6, 6.07) is 6.61. The molecule has 2 nitrogen and oxygen atoms in total. The Hall–Kier alpha value is -1.95. The molecule has 0 amide bonds. The Labute approximate surface area is 116 Å². The third kappa shape index (κ3) is 3.14. The van der Waals surface area contributed by atoms with Crippen LogP contribution in [0.5, 0.6) is 11.5 Å². The fourth-order valence-electron chi connectivity index (χ4n) is 1.52. The van der Waals surface area contributed by atoms with Crippen LogP contribution in [0.25, 0.3) is 0 Å². The minimum atomic E-state index is -4.58. The van der Waals surface area contributed by atoms with Gasteiger partial charge in [-0.2, -0.15) is 13.2 Å². The first kappa shape index (κ1) is 14.5. The molecule has 0 aliphatic rings. The lowest BCUT2D eigenvalue weighted by atomic mass is 10.1. The van der Waals surface area contributed by atoms with Crippen LogP contribution in [0.2, 0.25) is 5.02 Å². The largest absolute Gasteiger partial charge is 0.457 e. The van der Waals surface area contributed by atoms with Crippen LogP contribution in [-0.2, 0) is 6.18 Å². The van der Waals surface area contributed by atoms with Crippen LogP contribution in [0.15, 0.2) is 36.4 Å². The van der Waals surface area contributed by atoms with Crippen molar-refractivity contribution in [3.8, 4) is 11.5 Å². The maximum absolute atomic E-state index is 13.0. The van der Waals surface area contributed by atoms with Crippen molar-refractivity contribution in [2.24, 2.45) is 0 Å². The number of hydrogen-bond donors (Lipinski definition) is 1. The molecule has 0 spiro atoms. The van der Waals surface area contributed by atoms with Gasteiger partial charge < -0.3 is 10.5 Å². The molecule has 0 heterocycles. The van der Waals surface area contributed by atoms with Crippen LogP contribution in [0.4, 0.5) is 23.2 Å². The van der Waals surface area contributed by atoms with Crippen molar-refractivity contribution >= 4 is 17.3 Å². The van der Waals surface area contributed by atoms with Gasteiger partial charge in [-0.05, 0) is 30.3 Å². The summed E-state index contributed by atoms with van der Waals surface area (Å²) in [6.07, 6.45) is -4.58. The predicted molar refractivity (Wildman–Crippen MR) is 67.3 cm³/mol. The van der Waals surface area contributed by atoms with Crippen molar-refractivity contribution in [1.82, 2.24) is 0 Å². The molecule has 2 aromatic carbocycles. The van der Waals surface area contributed by atoms with E-state index in [1.165, 1.54) is 18.2 Å². The van der Waals surface area contributed by atoms with Crippen LogP contribution in [0.1, 0.15) is 5.56 Å². The average molecular weight is 306 g/mol. The first-order valence-corrected chi connectivity index (χ1v) is 5.75. The summed E-state index contributed by atoms with van der Waals surface area (Å²) >= 11 is 5.55. The number of ether oxygens (including phenoxy) is 1. The Bertz CT molecular complexity index is 643. The third-order valence-electron chi connectivity index (χ3n) is 2.46. The van der Waals surface area contributed by atoms with Gasteiger partial charge in [-0.3, -0.25) is 0 Å². The summed E-state index contributed by atoms with van der Waals surface area (Å²) < 4.78 is 56.2. The maximum Gasteiger partial charge on any atom is 0.418 e. The lowest BCUT2D eigenvalue weighted by Crippen LogP contribution is -2.08. The standard InChI is InChI=1S/C13H8ClF4NO/c14-10-6-8(1-3-11(10)15)20-7-2-4-12(19)9(5-7)13(16,17)18/h1-6H,19H2. The fourth-order valence-corrected chi connectivity index (χ4v) is 1.69. The molecule has 0 atom stereocenters. The molecule has 0 saturated heterocycles. The summed E-state index contributed by atoms with van der Waals surface area (Å²) in [5.74, 6) is -0.601. The van der Waals surface area contributed by atoms with E-state index in [0.717, 1.165) is 18.2 Å². The minimum Gasteiger partial charge on any atom is -0.457 e. The highest BCUT2D eigenvalue weighted by Gasteiger charge is 2.33. The molecule has 2 rings (SSSR count). The van der Waals surface area contributed by atoms with E-state index in [9.17, 15) is 17.6 Å². The molecule has 0 fully saturated rings. The predicted octanol–water partition coefficient (Wildman–Crippen LogP) is 4.87. The Balaban J connectivity index is 2.32. The van der Waals surface area contributed by atoms with Crippen LogP contribution < -0.4 is 10.5 Å². The number of hydrogen-bond acceptors (Lipinski definition) is 2. The molecule has 20 heavy (non-hydrogen) atoms. The van der Waals surface area contributed by atoms with E-state index in [-0.39, 0.29) is 16.5 Å².